The number of hydrogen-bond acceptors (Lipinski definition) is 19. The third kappa shape index (κ3) is 24.0. The Labute approximate surface area is 401 Å². The molecule has 1 aliphatic heterocycles. The van der Waals surface area contributed by atoms with Gasteiger partial charge in [-0.1, -0.05) is 142 Å². The van der Waals surface area contributed by atoms with Gasteiger partial charge < -0.3 is 75.2 Å². The van der Waals surface area contributed by atoms with Crippen LogP contribution in [0, 0.1) is 0 Å². The third-order valence-corrected chi connectivity index (χ3v) is 13.3. The number of carboxylic acid groups (broad SMARTS) is 1. The fourth-order valence-corrected chi connectivity index (χ4v) is 9.07. The predicted octanol–water partition coefficient (Wildman–Crippen LogP) is 3.42. The van der Waals surface area contributed by atoms with Gasteiger partial charge in [0, 0.05) is 12.8 Å². The lowest BCUT2D eigenvalue weighted by Crippen LogP contribution is -2.68. The summed E-state index contributed by atoms with van der Waals surface area (Å²) in [6, 6.07) is -1.73. The standard InChI is InChI=1S/C46H86NO20P/c1-3-5-7-9-11-13-15-17-19-21-23-25-34(49)61-28-31(64-35(50)26-24-22-20-18-16-14-12-10-8-6-4-2)29-63-68(59,60)67-44-42(62-30-32(47)45(57)58)39(54)38(53)40(55)43(44)66-46-41(56)37(52)36(51)33(27-48)65-46/h31-33,36-44,46,48,51-56H,3-30,47H2,1-2H3,(H,57,58)(H,59,60)/t31-,32+,33+,36+,37-,38-,39-,40+,41-,42+,43+,44-,46+/m0/s1. The highest BCUT2D eigenvalue weighted by atomic mass is 31.2. The summed E-state index contributed by atoms with van der Waals surface area (Å²) in [7, 11) is -5.49. The summed E-state index contributed by atoms with van der Waals surface area (Å²) in [6.45, 7) is 1.14. The topological polar surface area (TPSA) is 341 Å². The minimum Gasteiger partial charge on any atom is -0.480 e. The summed E-state index contributed by atoms with van der Waals surface area (Å²) in [4.78, 5) is 48.4. The summed E-state index contributed by atoms with van der Waals surface area (Å²) >= 11 is 0. The summed E-state index contributed by atoms with van der Waals surface area (Å²) < 4.78 is 51.7. The molecule has 1 saturated heterocycles. The number of esters is 2. The van der Waals surface area contributed by atoms with Crippen molar-refractivity contribution in [1.29, 1.82) is 0 Å². The number of aliphatic carboxylic acids is 1. The van der Waals surface area contributed by atoms with Crippen molar-refractivity contribution in [3.05, 3.63) is 0 Å². The van der Waals surface area contributed by atoms with E-state index in [0.29, 0.717) is 12.8 Å². The Kier molecular flexibility index (Phi) is 32.2. The second-order valence-electron chi connectivity index (χ2n) is 18.2. The van der Waals surface area contributed by atoms with Gasteiger partial charge in [0.2, 0.25) is 0 Å². The van der Waals surface area contributed by atoms with Gasteiger partial charge in [-0.3, -0.25) is 23.4 Å². The number of rotatable bonds is 39. The van der Waals surface area contributed by atoms with Gasteiger partial charge in [0.1, 0.15) is 73.7 Å². The average molecular weight is 1000 g/mol. The first kappa shape index (κ1) is 62.2. The fourth-order valence-electron chi connectivity index (χ4n) is 8.11. The van der Waals surface area contributed by atoms with Crippen molar-refractivity contribution in [2.45, 2.75) is 247 Å². The Bertz CT molecular complexity index is 1410. The molecular formula is C46H86NO20P. The summed E-state index contributed by atoms with van der Waals surface area (Å²) in [5.74, 6) is -2.83. The fraction of sp³-hybridized carbons (Fsp3) is 0.935. The number of carboxylic acids is 1. The molecule has 21 nitrogen and oxygen atoms in total. The first-order chi connectivity index (χ1) is 32.5. The molecule has 11 N–H and O–H groups in total. The predicted molar refractivity (Wildman–Crippen MR) is 246 cm³/mol. The van der Waals surface area contributed by atoms with Gasteiger partial charge in [0.25, 0.3) is 0 Å². The minimum atomic E-state index is -5.49. The van der Waals surface area contributed by atoms with Crippen LogP contribution in [-0.2, 0) is 51.7 Å². The number of aliphatic hydroxyl groups is 7. The van der Waals surface area contributed by atoms with Gasteiger partial charge in [0.15, 0.2) is 12.4 Å². The van der Waals surface area contributed by atoms with Gasteiger partial charge in [-0.15, -0.1) is 0 Å². The minimum absolute atomic E-state index is 0.00212. The molecule has 1 aliphatic carbocycles. The average Bonchev–Trinajstić information content (AvgIpc) is 3.30. The number of phosphoric acid groups is 1. The van der Waals surface area contributed by atoms with Crippen molar-refractivity contribution in [1.82, 2.24) is 0 Å². The first-order valence-corrected chi connectivity index (χ1v) is 26.6. The van der Waals surface area contributed by atoms with Gasteiger partial charge in [-0.25, -0.2) is 4.57 Å². The molecular weight excluding hydrogens is 917 g/mol. The molecule has 1 heterocycles. The zero-order valence-corrected chi connectivity index (χ0v) is 41.2. The van der Waals surface area contributed by atoms with Crippen molar-refractivity contribution >= 4 is 25.7 Å². The molecule has 0 spiro atoms. The van der Waals surface area contributed by atoms with E-state index >= 15 is 0 Å². The van der Waals surface area contributed by atoms with Crippen LogP contribution in [0.3, 0.4) is 0 Å². The van der Waals surface area contributed by atoms with E-state index < -0.39 is 132 Å². The molecule has 0 aromatic heterocycles. The third-order valence-electron chi connectivity index (χ3n) is 12.3. The second-order valence-corrected chi connectivity index (χ2v) is 19.6. The van der Waals surface area contributed by atoms with Gasteiger partial charge >= 0.3 is 25.7 Å². The number of ether oxygens (including phenoxy) is 5. The molecule has 0 bridgehead atoms. The van der Waals surface area contributed by atoms with Crippen molar-refractivity contribution in [2.75, 3.05) is 26.4 Å². The summed E-state index contributed by atoms with van der Waals surface area (Å²) in [5.41, 5.74) is 5.57. The van der Waals surface area contributed by atoms with Crippen LogP contribution in [0.1, 0.15) is 168 Å². The van der Waals surface area contributed by atoms with Crippen LogP contribution in [0.2, 0.25) is 0 Å². The number of phosphoric ester groups is 1. The van der Waals surface area contributed by atoms with E-state index in [1.165, 1.54) is 70.6 Å². The van der Waals surface area contributed by atoms with Crippen LogP contribution < -0.4 is 5.73 Å². The molecule has 0 aromatic carbocycles. The summed E-state index contributed by atoms with van der Waals surface area (Å²) in [5, 5.41) is 83.1. The van der Waals surface area contributed by atoms with Crippen molar-refractivity contribution in [3.8, 4) is 0 Å². The van der Waals surface area contributed by atoms with Gasteiger partial charge in [-0.05, 0) is 12.8 Å². The second kappa shape index (κ2) is 35.2. The molecule has 1 saturated carbocycles. The number of hydrogen-bond donors (Lipinski definition) is 10. The van der Waals surface area contributed by atoms with E-state index in [2.05, 4.69) is 13.8 Å². The maximum Gasteiger partial charge on any atom is 0.472 e. The molecule has 1 unspecified atom stereocenters. The number of unbranched alkanes of at least 4 members (excludes halogenated alkanes) is 20. The van der Waals surface area contributed by atoms with E-state index in [-0.39, 0.29) is 12.8 Å². The highest BCUT2D eigenvalue weighted by molar-refractivity contribution is 7.47. The van der Waals surface area contributed by atoms with Crippen LogP contribution in [-0.4, -0.2) is 170 Å². The zero-order valence-electron chi connectivity index (χ0n) is 40.3. The normalized spacial score (nSPS) is 28.1. The lowest BCUT2D eigenvalue weighted by molar-refractivity contribution is -0.339. The molecule has 400 valence electrons. The zero-order chi connectivity index (χ0) is 50.5. The van der Waals surface area contributed by atoms with Crippen molar-refractivity contribution in [3.63, 3.8) is 0 Å². The van der Waals surface area contributed by atoms with Crippen molar-refractivity contribution in [2.24, 2.45) is 5.73 Å². The highest BCUT2D eigenvalue weighted by Gasteiger charge is 2.56. The van der Waals surface area contributed by atoms with E-state index in [4.69, 9.17) is 38.5 Å². The molecule has 2 aliphatic rings. The Hall–Kier alpha value is -1.92. The SMILES string of the molecule is CCCCCCCCCCCCCC(=O)OC[C@@H](COP(=O)(O)O[C@@H]1[C@H](O[C@H]2O[C@H](CO)[C@@H](O)[C@H](O)[C@@H]2O)[C@H](O)[C@@H](O)[C@H](O)[C@H]1OC[C@@H](N)C(=O)O)OC(=O)CCCCCCCCCCCCC. The molecule has 2 fully saturated rings. The number of aliphatic hydroxyl groups excluding tert-OH is 7. The van der Waals surface area contributed by atoms with Crippen LogP contribution in [0.4, 0.5) is 0 Å². The van der Waals surface area contributed by atoms with E-state index in [9.17, 15) is 64.7 Å². The smallest absolute Gasteiger partial charge is 0.472 e. The number of carbonyl (C=O) groups excluding carboxylic acids is 2. The first-order valence-electron chi connectivity index (χ1n) is 25.1. The van der Waals surface area contributed by atoms with Gasteiger partial charge in [0.05, 0.1) is 19.8 Å². The molecule has 22 heteroatoms. The number of carbonyl (C=O) groups is 3. The maximum atomic E-state index is 13.7. The lowest BCUT2D eigenvalue weighted by Gasteiger charge is -2.48. The highest BCUT2D eigenvalue weighted by Crippen LogP contribution is 2.48. The van der Waals surface area contributed by atoms with E-state index in [1.54, 1.807) is 0 Å². The molecule has 0 radical (unpaired) electrons. The maximum absolute atomic E-state index is 13.7. The van der Waals surface area contributed by atoms with Gasteiger partial charge in [-0.2, -0.15) is 0 Å². The van der Waals surface area contributed by atoms with Crippen molar-refractivity contribution < 1.29 is 97.4 Å². The Morgan fingerprint density at radius 1 is 0.588 bits per heavy atom. The Morgan fingerprint density at radius 2 is 1.04 bits per heavy atom. The Balaban J connectivity index is 2.16. The molecule has 2 rings (SSSR count). The largest absolute Gasteiger partial charge is 0.480 e. The molecule has 14 atom stereocenters. The Morgan fingerprint density at radius 3 is 1.53 bits per heavy atom. The van der Waals surface area contributed by atoms with Crippen LogP contribution in [0.25, 0.3) is 0 Å². The van der Waals surface area contributed by atoms with Crippen LogP contribution in [0.15, 0.2) is 0 Å². The van der Waals surface area contributed by atoms with E-state index in [1.807, 2.05) is 0 Å². The summed E-state index contributed by atoms with van der Waals surface area (Å²) in [6.07, 6.45) is -0.233. The quantitative estimate of drug-likeness (QED) is 0.0239. The number of nitrogens with two attached hydrogens (primary N) is 1. The molecule has 0 amide bonds. The molecule has 68 heavy (non-hydrogen) atoms. The molecule has 0 aromatic rings. The van der Waals surface area contributed by atoms with E-state index in [0.717, 1.165) is 57.8 Å². The lowest BCUT2D eigenvalue weighted by atomic mass is 9.84. The monoisotopic (exact) mass is 1000 g/mol. The van der Waals surface area contributed by atoms with Crippen LogP contribution in [0.5, 0.6) is 0 Å². The van der Waals surface area contributed by atoms with Crippen LogP contribution >= 0.6 is 7.82 Å².